The van der Waals surface area contributed by atoms with Gasteiger partial charge in [-0.15, -0.1) is 0 Å². The molecule has 0 amide bonds. The number of carbonyl (C=O) groups excluding carboxylic acids is 1. The van der Waals surface area contributed by atoms with Crippen LogP contribution in [0.5, 0.6) is 11.5 Å². The molecule has 0 aliphatic carbocycles. The number of rotatable bonds is 2. The summed E-state index contributed by atoms with van der Waals surface area (Å²) in [6.07, 6.45) is 1.57. The van der Waals surface area contributed by atoms with Gasteiger partial charge in [0.1, 0.15) is 24.0 Å². The Morgan fingerprint density at radius 1 is 1.23 bits per heavy atom. The van der Waals surface area contributed by atoms with Crippen LogP contribution in [0.15, 0.2) is 36.1 Å². The lowest BCUT2D eigenvalue weighted by molar-refractivity contribution is 0.0678. The van der Waals surface area contributed by atoms with E-state index < -0.39 is 0 Å². The van der Waals surface area contributed by atoms with E-state index in [4.69, 9.17) is 9.47 Å². The number of benzene rings is 2. The van der Waals surface area contributed by atoms with Gasteiger partial charge in [-0.05, 0) is 50.6 Å². The topological polar surface area (TPSA) is 38.8 Å². The summed E-state index contributed by atoms with van der Waals surface area (Å²) in [6, 6.07) is 8.29. The first-order valence-corrected chi connectivity index (χ1v) is 8.67. The van der Waals surface area contributed by atoms with Gasteiger partial charge in [0.05, 0.1) is 5.56 Å². The molecule has 0 spiro atoms. The third-order valence-electron chi connectivity index (χ3n) is 4.84. The van der Waals surface area contributed by atoms with Crippen molar-refractivity contribution in [1.82, 2.24) is 4.90 Å². The predicted octanol–water partition coefficient (Wildman–Crippen LogP) is 4.31. The highest BCUT2D eigenvalue weighted by Crippen LogP contribution is 2.43. The van der Waals surface area contributed by atoms with Crippen molar-refractivity contribution in [2.45, 2.75) is 33.4 Å². The van der Waals surface area contributed by atoms with E-state index in [2.05, 4.69) is 18.7 Å². The lowest BCUT2D eigenvalue weighted by atomic mass is 9.99. The highest BCUT2D eigenvalue weighted by Gasteiger charge is 2.33. The summed E-state index contributed by atoms with van der Waals surface area (Å²) in [5.41, 5.74) is 2.95. The maximum absolute atomic E-state index is 13.4. The number of halogens is 1. The Kier molecular flexibility index (Phi) is 4.04. The van der Waals surface area contributed by atoms with Gasteiger partial charge >= 0.3 is 0 Å². The SMILES string of the molecule is Cc1c2c(cc3c1O/C(=C\c1cccc(F)c1)C3=O)CN(C(C)C)CO2. The molecule has 2 aromatic rings. The predicted molar refractivity (Wildman–Crippen MR) is 96.7 cm³/mol. The van der Waals surface area contributed by atoms with Crippen LogP contribution in [0.2, 0.25) is 0 Å². The number of allylic oxidation sites excluding steroid dienone is 1. The third kappa shape index (κ3) is 2.78. The fourth-order valence-corrected chi connectivity index (χ4v) is 3.35. The van der Waals surface area contributed by atoms with Crippen molar-refractivity contribution in [3.63, 3.8) is 0 Å². The molecule has 2 aliphatic rings. The zero-order valence-electron chi connectivity index (χ0n) is 15.0. The Balaban J connectivity index is 1.72. The van der Waals surface area contributed by atoms with Crippen molar-refractivity contribution in [3.05, 3.63) is 64.2 Å². The average molecular weight is 353 g/mol. The molecule has 26 heavy (non-hydrogen) atoms. The molecular formula is C21H20FNO3. The number of carbonyl (C=O) groups is 1. The summed E-state index contributed by atoms with van der Waals surface area (Å²) in [7, 11) is 0. The molecule has 0 fully saturated rings. The van der Waals surface area contributed by atoms with Gasteiger partial charge in [-0.1, -0.05) is 12.1 Å². The first-order valence-electron chi connectivity index (χ1n) is 8.67. The van der Waals surface area contributed by atoms with Crippen molar-refractivity contribution in [2.24, 2.45) is 0 Å². The number of ether oxygens (including phenoxy) is 2. The Labute approximate surface area is 151 Å². The van der Waals surface area contributed by atoms with Gasteiger partial charge in [0.15, 0.2) is 5.76 Å². The quantitative estimate of drug-likeness (QED) is 0.754. The van der Waals surface area contributed by atoms with Crippen LogP contribution in [0.1, 0.15) is 40.9 Å². The Morgan fingerprint density at radius 3 is 2.77 bits per heavy atom. The normalized spacial score (nSPS) is 17.9. The van der Waals surface area contributed by atoms with Crippen LogP contribution in [0.3, 0.4) is 0 Å². The van der Waals surface area contributed by atoms with E-state index in [1.54, 1.807) is 18.2 Å². The van der Waals surface area contributed by atoms with E-state index >= 15 is 0 Å². The standard InChI is InChI=1S/C21H20FNO3/c1-12(2)23-10-15-9-17-19(24)18(8-14-5-4-6-16(22)7-14)26-21(17)13(3)20(15)25-11-23/h4-9,12H,10-11H2,1-3H3/b18-8-. The van der Waals surface area contributed by atoms with Crippen LogP contribution < -0.4 is 9.47 Å². The summed E-state index contributed by atoms with van der Waals surface area (Å²) in [4.78, 5) is 15.0. The fourth-order valence-electron chi connectivity index (χ4n) is 3.35. The molecule has 0 N–H and O–H groups in total. The lowest BCUT2D eigenvalue weighted by Gasteiger charge is -2.32. The minimum atomic E-state index is -0.351. The smallest absolute Gasteiger partial charge is 0.231 e. The van der Waals surface area contributed by atoms with Gasteiger partial charge < -0.3 is 9.47 Å². The maximum atomic E-state index is 13.4. The van der Waals surface area contributed by atoms with Gasteiger partial charge in [0.25, 0.3) is 0 Å². The molecular weight excluding hydrogens is 333 g/mol. The van der Waals surface area contributed by atoms with Gasteiger partial charge in [-0.3, -0.25) is 9.69 Å². The van der Waals surface area contributed by atoms with Crippen molar-refractivity contribution in [3.8, 4) is 11.5 Å². The number of hydrogen-bond acceptors (Lipinski definition) is 4. The summed E-state index contributed by atoms with van der Waals surface area (Å²) in [6.45, 7) is 7.38. The first kappa shape index (κ1) is 16.8. The van der Waals surface area contributed by atoms with E-state index in [0.29, 0.717) is 29.6 Å². The molecule has 4 rings (SSSR count). The van der Waals surface area contributed by atoms with E-state index in [1.807, 2.05) is 13.0 Å². The zero-order valence-corrected chi connectivity index (χ0v) is 15.0. The number of Topliss-reactive ketones (excluding diaryl/α,β-unsaturated/α-hetero) is 1. The van der Waals surface area contributed by atoms with Crippen LogP contribution in [0.4, 0.5) is 4.39 Å². The molecule has 134 valence electrons. The van der Waals surface area contributed by atoms with Crippen LogP contribution in [0.25, 0.3) is 6.08 Å². The Bertz CT molecular complexity index is 933. The molecule has 0 bridgehead atoms. The van der Waals surface area contributed by atoms with Crippen LogP contribution in [-0.4, -0.2) is 23.5 Å². The minimum absolute atomic E-state index is 0.183. The largest absolute Gasteiger partial charge is 0.477 e. The van der Waals surface area contributed by atoms with E-state index in [9.17, 15) is 9.18 Å². The second-order valence-corrected chi connectivity index (χ2v) is 6.98. The summed E-state index contributed by atoms with van der Waals surface area (Å²) < 4.78 is 25.1. The van der Waals surface area contributed by atoms with E-state index in [1.165, 1.54) is 12.1 Å². The molecule has 0 unspecified atom stereocenters. The summed E-state index contributed by atoms with van der Waals surface area (Å²) in [5, 5.41) is 0. The molecule has 0 saturated heterocycles. The van der Waals surface area contributed by atoms with Gasteiger partial charge in [0.2, 0.25) is 5.78 Å². The molecule has 2 heterocycles. The molecule has 5 heteroatoms. The van der Waals surface area contributed by atoms with Crippen molar-refractivity contribution in [2.75, 3.05) is 6.73 Å². The minimum Gasteiger partial charge on any atom is -0.477 e. The van der Waals surface area contributed by atoms with E-state index in [0.717, 1.165) is 23.4 Å². The number of fused-ring (bicyclic) bond motifs is 2. The van der Waals surface area contributed by atoms with Crippen molar-refractivity contribution >= 4 is 11.9 Å². The van der Waals surface area contributed by atoms with Crippen molar-refractivity contribution in [1.29, 1.82) is 0 Å². The zero-order chi connectivity index (χ0) is 18.4. The average Bonchev–Trinajstić information content (AvgIpc) is 2.91. The summed E-state index contributed by atoms with van der Waals surface area (Å²) >= 11 is 0. The monoisotopic (exact) mass is 353 g/mol. The van der Waals surface area contributed by atoms with Gasteiger partial charge in [0, 0.05) is 23.7 Å². The van der Waals surface area contributed by atoms with Crippen LogP contribution >= 0.6 is 0 Å². The Hall–Kier alpha value is -2.66. The number of ketones is 1. The molecule has 0 atom stereocenters. The fraction of sp³-hybridized carbons (Fsp3) is 0.286. The van der Waals surface area contributed by atoms with Crippen LogP contribution in [-0.2, 0) is 6.54 Å². The van der Waals surface area contributed by atoms with Crippen LogP contribution in [0, 0.1) is 12.7 Å². The number of hydrogen-bond donors (Lipinski definition) is 0. The number of nitrogens with zero attached hydrogens (tertiary/aromatic N) is 1. The van der Waals surface area contributed by atoms with Gasteiger partial charge in [-0.2, -0.15) is 0 Å². The summed E-state index contributed by atoms with van der Waals surface area (Å²) in [5.74, 6) is 1.000. The molecule has 0 radical (unpaired) electrons. The van der Waals surface area contributed by atoms with E-state index in [-0.39, 0.29) is 17.4 Å². The molecule has 4 nitrogen and oxygen atoms in total. The lowest BCUT2D eigenvalue weighted by Crippen LogP contribution is -2.37. The highest BCUT2D eigenvalue weighted by atomic mass is 19.1. The molecule has 2 aliphatic heterocycles. The molecule has 0 aromatic heterocycles. The molecule has 2 aromatic carbocycles. The maximum Gasteiger partial charge on any atom is 0.231 e. The molecule has 0 saturated carbocycles. The highest BCUT2D eigenvalue weighted by molar-refractivity contribution is 6.15. The second kappa shape index (κ2) is 6.25. The van der Waals surface area contributed by atoms with Crippen molar-refractivity contribution < 1.29 is 18.7 Å². The Morgan fingerprint density at radius 2 is 2.04 bits per heavy atom. The first-order chi connectivity index (χ1) is 12.4. The second-order valence-electron chi connectivity index (χ2n) is 6.98. The van der Waals surface area contributed by atoms with Gasteiger partial charge in [-0.25, -0.2) is 4.39 Å². The third-order valence-corrected chi connectivity index (χ3v) is 4.84.